The molecule has 1 heterocycles. The molecule has 1 aliphatic rings. The predicted octanol–water partition coefficient (Wildman–Crippen LogP) is 1.73. The monoisotopic (exact) mass is 151 g/mol. The molecule has 0 saturated heterocycles. The lowest BCUT2D eigenvalue weighted by Gasteiger charge is -2.00. The average Bonchev–Trinajstić information content (AvgIpc) is 2.60. The Labute approximate surface area is 66.4 Å². The van der Waals surface area contributed by atoms with E-state index >= 15 is 0 Å². The fourth-order valence-electron chi connectivity index (χ4n) is 1.66. The van der Waals surface area contributed by atoms with E-state index in [-0.39, 0.29) is 0 Å². The van der Waals surface area contributed by atoms with Gasteiger partial charge in [0.25, 0.3) is 0 Å². The SMILES string of the molecule is CC(N)C1CC1c1ccoc1. The van der Waals surface area contributed by atoms with Gasteiger partial charge in [0.05, 0.1) is 12.5 Å². The summed E-state index contributed by atoms with van der Waals surface area (Å²) in [5, 5.41) is 0. The van der Waals surface area contributed by atoms with Crippen molar-refractivity contribution in [1.82, 2.24) is 0 Å². The number of rotatable bonds is 2. The van der Waals surface area contributed by atoms with Gasteiger partial charge in [-0.25, -0.2) is 0 Å². The van der Waals surface area contributed by atoms with Gasteiger partial charge in [0.2, 0.25) is 0 Å². The zero-order valence-corrected chi connectivity index (χ0v) is 6.66. The largest absolute Gasteiger partial charge is 0.472 e. The Morgan fingerprint density at radius 3 is 3.00 bits per heavy atom. The summed E-state index contributed by atoms with van der Waals surface area (Å²) in [5.74, 6) is 1.36. The van der Waals surface area contributed by atoms with Crippen molar-refractivity contribution < 1.29 is 4.42 Å². The van der Waals surface area contributed by atoms with Crippen LogP contribution in [0.25, 0.3) is 0 Å². The molecule has 0 amide bonds. The summed E-state index contributed by atoms with van der Waals surface area (Å²) in [6, 6.07) is 2.36. The van der Waals surface area contributed by atoms with Crippen LogP contribution < -0.4 is 5.73 Å². The second-order valence-corrected chi connectivity index (χ2v) is 3.42. The first-order valence-electron chi connectivity index (χ1n) is 4.06. The molecule has 0 radical (unpaired) electrons. The minimum Gasteiger partial charge on any atom is -0.472 e. The summed E-state index contributed by atoms with van der Waals surface area (Å²) in [4.78, 5) is 0. The third kappa shape index (κ3) is 1.18. The van der Waals surface area contributed by atoms with Gasteiger partial charge in [-0.3, -0.25) is 0 Å². The lowest BCUT2D eigenvalue weighted by atomic mass is 10.1. The summed E-state index contributed by atoms with van der Waals surface area (Å²) < 4.78 is 5.00. The molecule has 3 unspecified atom stereocenters. The molecule has 1 aromatic heterocycles. The lowest BCUT2D eigenvalue weighted by molar-refractivity contribution is 0.561. The molecule has 1 aromatic rings. The van der Waals surface area contributed by atoms with Crippen LogP contribution in [-0.2, 0) is 0 Å². The second-order valence-electron chi connectivity index (χ2n) is 3.42. The highest BCUT2D eigenvalue weighted by Crippen LogP contribution is 2.48. The summed E-state index contributed by atoms with van der Waals surface area (Å²) in [6.07, 6.45) is 4.79. The van der Waals surface area contributed by atoms with Gasteiger partial charge in [0.15, 0.2) is 0 Å². The molecule has 2 N–H and O–H groups in total. The Morgan fingerprint density at radius 2 is 2.55 bits per heavy atom. The minimum atomic E-state index is 0.329. The van der Waals surface area contributed by atoms with Crippen molar-refractivity contribution in [3.8, 4) is 0 Å². The molecule has 1 aliphatic carbocycles. The first kappa shape index (κ1) is 6.92. The van der Waals surface area contributed by atoms with Crippen molar-refractivity contribution in [2.45, 2.75) is 25.3 Å². The first-order valence-corrected chi connectivity index (χ1v) is 4.06. The Morgan fingerprint density at radius 1 is 1.73 bits per heavy atom. The highest BCUT2D eigenvalue weighted by Gasteiger charge is 2.41. The number of hydrogen-bond acceptors (Lipinski definition) is 2. The quantitative estimate of drug-likeness (QED) is 0.699. The van der Waals surface area contributed by atoms with E-state index in [0.717, 1.165) is 0 Å². The standard InChI is InChI=1S/C9H13NO/c1-6(10)8-4-9(8)7-2-3-11-5-7/h2-3,5-6,8-9H,4,10H2,1H3. The fraction of sp³-hybridized carbons (Fsp3) is 0.556. The van der Waals surface area contributed by atoms with Crippen LogP contribution in [0.15, 0.2) is 23.0 Å². The molecule has 1 saturated carbocycles. The van der Waals surface area contributed by atoms with Crippen molar-refractivity contribution in [3.63, 3.8) is 0 Å². The molecule has 0 bridgehead atoms. The molecular weight excluding hydrogens is 138 g/mol. The van der Waals surface area contributed by atoms with E-state index in [1.54, 1.807) is 6.26 Å². The van der Waals surface area contributed by atoms with Gasteiger partial charge >= 0.3 is 0 Å². The first-order chi connectivity index (χ1) is 5.29. The van der Waals surface area contributed by atoms with E-state index < -0.39 is 0 Å². The Balaban J connectivity index is 2.02. The van der Waals surface area contributed by atoms with Crippen LogP contribution in [0.4, 0.5) is 0 Å². The molecule has 2 rings (SSSR count). The molecule has 0 aliphatic heterocycles. The van der Waals surface area contributed by atoms with E-state index in [0.29, 0.717) is 17.9 Å². The van der Waals surface area contributed by atoms with Crippen molar-refractivity contribution in [2.75, 3.05) is 0 Å². The van der Waals surface area contributed by atoms with Gasteiger partial charge in [0, 0.05) is 6.04 Å². The van der Waals surface area contributed by atoms with Crippen molar-refractivity contribution in [3.05, 3.63) is 24.2 Å². The molecule has 0 aromatic carbocycles. The Kier molecular flexibility index (Phi) is 1.50. The molecule has 2 nitrogen and oxygen atoms in total. The summed E-state index contributed by atoms with van der Waals surface area (Å²) >= 11 is 0. The summed E-state index contributed by atoms with van der Waals surface area (Å²) in [5.41, 5.74) is 7.08. The average molecular weight is 151 g/mol. The zero-order valence-electron chi connectivity index (χ0n) is 6.66. The highest BCUT2D eigenvalue weighted by molar-refractivity contribution is 5.21. The topological polar surface area (TPSA) is 39.2 Å². The van der Waals surface area contributed by atoms with Crippen molar-refractivity contribution in [2.24, 2.45) is 11.7 Å². The molecule has 3 atom stereocenters. The Bertz CT molecular complexity index is 228. The molecule has 2 heteroatoms. The molecular formula is C9H13NO. The van der Waals surface area contributed by atoms with Crippen LogP contribution in [0.3, 0.4) is 0 Å². The Hall–Kier alpha value is -0.760. The van der Waals surface area contributed by atoms with Crippen LogP contribution in [-0.4, -0.2) is 6.04 Å². The van der Waals surface area contributed by atoms with E-state index in [9.17, 15) is 0 Å². The van der Waals surface area contributed by atoms with E-state index in [1.165, 1.54) is 12.0 Å². The summed E-state index contributed by atoms with van der Waals surface area (Å²) in [6.45, 7) is 2.07. The van der Waals surface area contributed by atoms with Crippen LogP contribution in [0.5, 0.6) is 0 Å². The molecule has 0 spiro atoms. The predicted molar refractivity (Wildman–Crippen MR) is 43.2 cm³/mol. The number of hydrogen-bond donors (Lipinski definition) is 1. The van der Waals surface area contributed by atoms with Gasteiger partial charge < -0.3 is 10.2 Å². The van der Waals surface area contributed by atoms with Crippen molar-refractivity contribution in [1.29, 1.82) is 0 Å². The van der Waals surface area contributed by atoms with Crippen LogP contribution in [0, 0.1) is 5.92 Å². The van der Waals surface area contributed by atoms with Gasteiger partial charge in [-0.15, -0.1) is 0 Å². The maximum absolute atomic E-state index is 5.76. The fourth-order valence-corrected chi connectivity index (χ4v) is 1.66. The van der Waals surface area contributed by atoms with Gasteiger partial charge in [-0.1, -0.05) is 0 Å². The van der Waals surface area contributed by atoms with Crippen molar-refractivity contribution >= 4 is 0 Å². The van der Waals surface area contributed by atoms with Crippen LogP contribution in [0.1, 0.15) is 24.8 Å². The van der Waals surface area contributed by atoms with Gasteiger partial charge in [0.1, 0.15) is 0 Å². The third-order valence-corrected chi connectivity index (χ3v) is 2.49. The maximum atomic E-state index is 5.76. The smallest absolute Gasteiger partial charge is 0.0937 e. The van der Waals surface area contributed by atoms with E-state index in [2.05, 4.69) is 6.92 Å². The third-order valence-electron chi connectivity index (χ3n) is 2.49. The summed E-state index contributed by atoms with van der Waals surface area (Å²) in [7, 11) is 0. The van der Waals surface area contributed by atoms with Crippen LogP contribution >= 0.6 is 0 Å². The van der Waals surface area contributed by atoms with Gasteiger partial charge in [-0.2, -0.15) is 0 Å². The molecule has 1 fully saturated rings. The normalized spacial score (nSPS) is 31.8. The van der Waals surface area contributed by atoms with Crippen LogP contribution in [0.2, 0.25) is 0 Å². The minimum absolute atomic E-state index is 0.329. The molecule has 11 heavy (non-hydrogen) atoms. The zero-order chi connectivity index (χ0) is 7.84. The number of furan rings is 1. The van der Waals surface area contributed by atoms with Gasteiger partial charge in [-0.05, 0) is 36.8 Å². The molecule has 60 valence electrons. The second kappa shape index (κ2) is 2.38. The lowest BCUT2D eigenvalue weighted by Crippen LogP contribution is -2.17. The maximum Gasteiger partial charge on any atom is 0.0937 e. The number of nitrogens with two attached hydrogens (primary N) is 1. The van der Waals surface area contributed by atoms with E-state index in [4.69, 9.17) is 10.2 Å². The van der Waals surface area contributed by atoms with E-state index in [1.807, 2.05) is 12.3 Å². The highest BCUT2D eigenvalue weighted by atomic mass is 16.3.